The van der Waals surface area contributed by atoms with Crippen molar-refractivity contribution in [3.05, 3.63) is 0 Å². The monoisotopic (exact) mass is 211 g/mol. The minimum atomic E-state index is -1.37. The van der Waals surface area contributed by atoms with Crippen LogP contribution in [0.15, 0.2) is 0 Å². The third-order valence-corrected chi connectivity index (χ3v) is 2.14. The molecule has 0 radical (unpaired) electrons. The van der Waals surface area contributed by atoms with Crippen molar-refractivity contribution in [3.63, 3.8) is 0 Å². The minimum absolute atomic E-state index is 0.462. The summed E-state index contributed by atoms with van der Waals surface area (Å²) in [4.78, 5) is 22.1. The normalized spacial score (nSPS) is 10.5. The third kappa shape index (κ3) is 4.50. The van der Waals surface area contributed by atoms with Crippen molar-refractivity contribution in [2.75, 3.05) is 6.54 Å². The largest absolute Gasteiger partial charge is 0.480 e. The molecule has 0 aromatic heterocycles. The molecule has 0 rings (SSSR count). The Bertz CT molecular complexity index is 276. The van der Waals surface area contributed by atoms with Gasteiger partial charge in [-0.1, -0.05) is 0 Å². The zero-order valence-corrected chi connectivity index (χ0v) is 9.17. The van der Waals surface area contributed by atoms with E-state index < -0.39 is 17.3 Å². The molecule has 1 amide bonds. The van der Waals surface area contributed by atoms with Gasteiger partial charge < -0.3 is 10.4 Å². The molecule has 0 aliphatic rings. The molecular weight excluding hydrogens is 194 g/mol. The first-order valence-corrected chi connectivity index (χ1v) is 4.88. The first-order chi connectivity index (χ1) is 6.92. The van der Waals surface area contributed by atoms with Crippen LogP contribution in [0.3, 0.4) is 0 Å². The van der Waals surface area contributed by atoms with Gasteiger partial charge in [-0.15, -0.1) is 12.3 Å². The minimum Gasteiger partial charge on any atom is -0.480 e. The lowest BCUT2D eigenvalue weighted by atomic mass is 9.93. The molecular formula is C11H17NO3. The molecule has 0 aromatic rings. The van der Waals surface area contributed by atoms with Crippen LogP contribution in [0.25, 0.3) is 0 Å². The fourth-order valence-corrected chi connectivity index (χ4v) is 0.872. The summed E-state index contributed by atoms with van der Waals surface area (Å²) in [5, 5.41) is 11.3. The van der Waals surface area contributed by atoms with Crippen LogP contribution in [-0.2, 0) is 9.59 Å². The molecule has 84 valence electrons. The Balaban J connectivity index is 3.85. The van der Waals surface area contributed by atoms with E-state index >= 15 is 0 Å². The van der Waals surface area contributed by atoms with Crippen LogP contribution in [0.5, 0.6) is 0 Å². The van der Waals surface area contributed by atoms with E-state index in [1.165, 1.54) is 13.8 Å². The Labute approximate surface area is 90.1 Å². The molecule has 15 heavy (non-hydrogen) atoms. The quantitative estimate of drug-likeness (QED) is 0.391. The summed E-state index contributed by atoms with van der Waals surface area (Å²) in [6.07, 6.45) is 7.35. The predicted molar refractivity (Wildman–Crippen MR) is 57.1 cm³/mol. The maximum Gasteiger partial charge on any atom is 0.318 e. The summed E-state index contributed by atoms with van der Waals surface area (Å²) in [6, 6.07) is 0. The van der Waals surface area contributed by atoms with Gasteiger partial charge >= 0.3 is 5.97 Å². The number of carbonyl (C=O) groups excluding carboxylic acids is 1. The van der Waals surface area contributed by atoms with Gasteiger partial charge in [0.2, 0.25) is 5.91 Å². The first-order valence-electron chi connectivity index (χ1n) is 4.88. The number of nitrogens with one attached hydrogen (secondary N) is 1. The van der Waals surface area contributed by atoms with Crippen LogP contribution >= 0.6 is 0 Å². The van der Waals surface area contributed by atoms with Crippen molar-refractivity contribution in [1.29, 1.82) is 0 Å². The standard InChI is InChI=1S/C11H17NO3/c1-4-5-6-7-8-12-9(13)11(2,3)10(14)15/h1H,5-8H2,2-3H3,(H,12,13)(H,14,15). The second-order valence-electron chi connectivity index (χ2n) is 3.85. The molecule has 0 saturated carbocycles. The average Bonchev–Trinajstić information content (AvgIpc) is 2.16. The van der Waals surface area contributed by atoms with Gasteiger partial charge in [-0.05, 0) is 26.7 Å². The van der Waals surface area contributed by atoms with E-state index in [4.69, 9.17) is 11.5 Å². The summed E-state index contributed by atoms with van der Waals surface area (Å²) in [7, 11) is 0. The Morgan fingerprint density at radius 3 is 2.47 bits per heavy atom. The van der Waals surface area contributed by atoms with Crippen molar-refractivity contribution in [3.8, 4) is 12.3 Å². The second kappa shape index (κ2) is 6.07. The lowest BCUT2D eigenvalue weighted by molar-refractivity contribution is -0.153. The number of unbranched alkanes of at least 4 members (excludes halogenated alkanes) is 2. The molecule has 2 N–H and O–H groups in total. The predicted octanol–water partition coefficient (Wildman–Crippen LogP) is 1.02. The fraction of sp³-hybridized carbons (Fsp3) is 0.636. The van der Waals surface area contributed by atoms with Crippen LogP contribution in [0.4, 0.5) is 0 Å². The lowest BCUT2D eigenvalue weighted by Gasteiger charge is -2.18. The molecule has 0 aromatic carbocycles. The van der Waals surface area contributed by atoms with Crippen LogP contribution in [0, 0.1) is 17.8 Å². The highest BCUT2D eigenvalue weighted by molar-refractivity contribution is 6.00. The zero-order valence-electron chi connectivity index (χ0n) is 9.17. The lowest BCUT2D eigenvalue weighted by Crippen LogP contribution is -2.42. The third-order valence-electron chi connectivity index (χ3n) is 2.14. The van der Waals surface area contributed by atoms with Gasteiger partial charge in [0.05, 0.1) is 0 Å². The fourth-order valence-electron chi connectivity index (χ4n) is 0.872. The summed E-state index contributed by atoms with van der Waals surface area (Å²) in [5.74, 6) is 0.914. The van der Waals surface area contributed by atoms with Crippen LogP contribution in [0.1, 0.15) is 33.1 Å². The maximum absolute atomic E-state index is 11.4. The molecule has 0 fully saturated rings. The van der Waals surface area contributed by atoms with Gasteiger partial charge in [0.1, 0.15) is 5.41 Å². The Hall–Kier alpha value is -1.50. The number of carboxylic acid groups (broad SMARTS) is 1. The number of rotatable bonds is 6. The van der Waals surface area contributed by atoms with Gasteiger partial charge in [-0.25, -0.2) is 0 Å². The number of carbonyl (C=O) groups is 2. The molecule has 0 heterocycles. The van der Waals surface area contributed by atoms with Crippen molar-refractivity contribution < 1.29 is 14.7 Å². The van der Waals surface area contributed by atoms with E-state index in [1.807, 2.05) is 0 Å². The van der Waals surface area contributed by atoms with Crippen molar-refractivity contribution >= 4 is 11.9 Å². The van der Waals surface area contributed by atoms with Crippen LogP contribution in [0.2, 0.25) is 0 Å². The molecule has 0 atom stereocenters. The van der Waals surface area contributed by atoms with E-state index in [-0.39, 0.29) is 0 Å². The number of carboxylic acids is 1. The van der Waals surface area contributed by atoms with Gasteiger partial charge in [0.25, 0.3) is 0 Å². The van der Waals surface area contributed by atoms with E-state index in [0.29, 0.717) is 13.0 Å². The van der Waals surface area contributed by atoms with Crippen LogP contribution in [-0.4, -0.2) is 23.5 Å². The van der Waals surface area contributed by atoms with E-state index in [0.717, 1.165) is 12.8 Å². The SMILES string of the molecule is C#CCCCCNC(=O)C(C)(C)C(=O)O. The van der Waals surface area contributed by atoms with Crippen LogP contribution < -0.4 is 5.32 Å². The second-order valence-corrected chi connectivity index (χ2v) is 3.85. The van der Waals surface area contributed by atoms with E-state index in [2.05, 4.69) is 11.2 Å². The molecule has 0 aliphatic heterocycles. The molecule has 4 nitrogen and oxygen atoms in total. The Morgan fingerprint density at radius 2 is 2.00 bits per heavy atom. The highest BCUT2D eigenvalue weighted by Crippen LogP contribution is 2.14. The number of hydrogen-bond donors (Lipinski definition) is 2. The summed E-state index contributed by atoms with van der Waals surface area (Å²) >= 11 is 0. The van der Waals surface area contributed by atoms with Crippen molar-refractivity contribution in [2.45, 2.75) is 33.1 Å². The molecule has 0 spiro atoms. The van der Waals surface area contributed by atoms with E-state index in [9.17, 15) is 9.59 Å². The highest BCUT2D eigenvalue weighted by Gasteiger charge is 2.35. The summed E-state index contributed by atoms with van der Waals surface area (Å²) in [6.45, 7) is 3.23. The molecule has 4 heteroatoms. The van der Waals surface area contributed by atoms with Gasteiger partial charge in [0, 0.05) is 13.0 Å². The summed E-state index contributed by atoms with van der Waals surface area (Å²) < 4.78 is 0. The molecule has 0 aliphatic carbocycles. The molecule has 0 saturated heterocycles. The highest BCUT2D eigenvalue weighted by atomic mass is 16.4. The van der Waals surface area contributed by atoms with Gasteiger partial charge in [0.15, 0.2) is 0 Å². The zero-order chi connectivity index (χ0) is 11.9. The average molecular weight is 211 g/mol. The van der Waals surface area contributed by atoms with E-state index in [1.54, 1.807) is 0 Å². The number of hydrogen-bond acceptors (Lipinski definition) is 2. The Kier molecular flexibility index (Phi) is 5.46. The molecule has 0 unspecified atom stereocenters. The topological polar surface area (TPSA) is 66.4 Å². The first kappa shape index (κ1) is 13.5. The molecule has 0 bridgehead atoms. The van der Waals surface area contributed by atoms with Crippen molar-refractivity contribution in [2.24, 2.45) is 5.41 Å². The van der Waals surface area contributed by atoms with Gasteiger partial charge in [-0.3, -0.25) is 9.59 Å². The smallest absolute Gasteiger partial charge is 0.318 e. The van der Waals surface area contributed by atoms with Gasteiger partial charge in [-0.2, -0.15) is 0 Å². The van der Waals surface area contributed by atoms with Crippen molar-refractivity contribution in [1.82, 2.24) is 5.32 Å². The number of amides is 1. The maximum atomic E-state index is 11.4. The number of aliphatic carboxylic acids is 1. The summed E-state index contributed by atoms with van der Waals surface area (Å²) in [5.41, 5.74) is -1.37. The number of terminal acetylenes is 1. The Morgan fingerprint density at radius 1 is 1.40 bits per heavy atom.